The number of thiazole rings is 1. The Labute approximate surface area is 151 Å². The monoisotopic (exact) mass is 377 g/mol. The first-order chi connectivity index (χ1) is 11.3. The van der Waals surface area contributed by atoms with Crippen molar-refractivity contribution >= 4 is 62.3 Å². The van der Waals surface area contributed by atoms with Crippen LogP contribution in [0.25, 0.3) is 22.2 Å². The summed E-state index contributed by atoms with van der Waals surface area (Å²) in [5.74, 6) is -0.0218. The summed E-state index contributed by atoms with van der Waals surface area (Å²) >= 11 is 9.23. The minimum absolute atomic E-state index is 0.0218. The average molecular weight is 378 g/mol. The summed E-state index contributed by atoms with van der Waals surface area (Å²) in [7, 11) is 0. The molecule has 0 aliphatic carbocycles. The number of aromatic nitrogens is 1. The number of H-pyrrole nitrogens is 1. The van der Waals surface area contributed by atoms with Crippen molar-refractivity contribution in [2.24, 2.45) is 5.41 Å². The van der Waals surface area contributed by atoms with E-state index in [0.717, 1.165) is 15.0 Å². The van der Waals surface area contributed by atoms with E-state index < -0.39 is 5.41 Å². The zero-order chi connectivity index (χ0) is 17.5. The van der Waals surface area contributed by atoms with Crippen LogP contribution >= 0.6 is 34.3 Å². The summed E-state index contributed by atoms with van der Waals surface area (Å²) in [5, 5.41) is 1.64. The Morgan fingerprint density at radius 1 is 1.21 bits per heavy atom. The molecule has 0 radical (unpaired) electrons. The van der Waals surface area contributed by atoms with Gasteiger partial charge in [-0.05, 0) is 12.1 Å². The second-order valence-electron chi connectivity index (χ2n) is 6.46. The highest BCUT2D eigenvalue weighted by molar-refractivity contribution is 7.20. The number of Topliss-reactive ketones (excluding diaryl/α,β-unsaturated/α-hetero) is 1. The zero-order valence-electron chi connectivity index (χ0n) is 13.5. The fourth-order valence-corrected chi connectivity index (χ4v) is 4.48. The SMILES string of the molecule is CC(C)(C)C(=O)/C=c1\[nH]c(=O)/c(=C/c2sc3ccccc3c2Cl)s1. The van der Waals surface area contributed by atoms with Crippen LogP contribution in [0.4, 0.5) is 0 Å². The molecule has 2 aromatic heterocycles. The molecule has 3 nitrogen and oxygen atoms in total. The van der Waals surface area contributed by atoms with E-state index in [1.165, 1.54) is 17.4 Å². The van der Waals surface area contributed by atoms with E-state index in [0.29, 0.717) is 14.2 Å². The summed E-state index contributed by atoms with van der Waals surface area (Å²) in [6.45, 7) is 5.55. The van der Waals surface area contributed by atoms with Gasteiger partial charge >= 0.3 is 0 Å². The van der Waals surface area contributed by atoms with Gasteiger partial charge in [-0.3, -0.25) is 9.59 Å². The number of carbonyl (C=O) groups is 1. The predicted octanol–water partition coefficient (Wildman–Crippen LogP) is 3.53. The van der Waals surface area contributed by atoms with Crippen LogP contribution in [0.1, 0.15) is 25.6 Å². The largest absolute Gasteiger partial charge is 0.313 e. The molecular weight excluding hydrogens is 362 g/mol. The van der Waals surface area contributed by atoms with Crippen molar-refractivity contribution in [1.29, 1.82) is 0 Å². The molecule has 6 heteroatoms. The fourth-order valence-electron chi connectivity index (χ4n) is 2.10. The molecule has 0 unspecified atom stereocenters. The average Bonchev–Trinajstić information content (AvgIpc) is 3.00. The predicted molar refractivity (Wildman–Crippen MR) is 104 cm³/mol. The summed E-state index contributed by atoms with van der Waals surface area (Å²) < 4.78 is 2.18. The molecule has 0 atom stereocenters. The van der Waals surface area contributed by atoms with Gasteiger partial charge in [0, 0.05) is 26.5 Å². The number of rotatable bonds is 2. The summed E-state index contributed by atoms with van der Waals surface area (Å²) in [5.41, 5.74) is -0.680. The first-order valence-electron chi connectivity index (χ1n) is 7.40. The number of fused-ring (bicyclic) bond motifs is 1. The third kappa shape index (κ3) is 3.38. The third-order valence-corrected chi connectivity index (χ3v) is 6.10. The van der Waals surface area contributed by atoms with E-state index in [2.05, 4.69) is 4.98 Å². The molecule has 3 aromatic rings. The van der Waals surface area contributed by atoms with Gasteiger partial charge in [0.1, 0.15) is 0 Å². The molecule has 1 N–H and O–H groups in total. The summed E-state index contributed by atoms with van der Waals surface area (Å²) in [6, 6.07) is 7.87. The number of nitrogens with one attached hydrogen (secondary N) is 1. The number of benzene rings is 1. The van der Waals surface area contributed by atoms with E-state index in [-0.39, 0.29) is 11.3 Å². The van der Waals surface area contributed by atoms with Gasteiger partial charge in [0.25, 0.3) is 5.56 Å². The number of ketones is 1. The van der Waals surface area contributed by atoms with Crippen LogP contribution in [0, 0.1) is 5.41 Å². The van der Waals surface area contributed by atoms with Crippen LogP contribution in [-0.2, 0) is 4.79 Å². The molecule has 3 rings (SSSR count). The first-order valence-corrected chi connectivity index (χ1v) is 9.41. The fraction of sp³-hybridized carbons (Fsp3) is 0.222. The molecule has 124 valence electrons. The van der Waals surface area contributed by atoms with Crippen LogP contribution in [0.3, 0.4) is 0 Å². The minimum Gasteiger partial charge on any atom is -0.313 e. The van der Waals surface area contributed by atoms with Gasteiger partial charge in [0.05, 0.1) is 14.2 Å². The first kappa shape index (κ1) is 17.1. The smallest absolute Gasteiger partial charge is 0.266 e. The van der Waals surface area contributed by atoms with Crippen molar-refractivity contribution in [3.8, 4) is 0 Å². The van der Waals surface area contributed by atoms with Crippen molar-refractivity contribution in [1.82, 2.24) is 4.98 Å². The van der Waals surface area contributed by atoms with Crippen LogP contribution in [-0.4, -0.2) is 10.8 Å². The van der Waals surface area contributed by atoms with Gasteiger partial charge in [0.2, 0.25) is 0 Å². The number of hydrogen-bond acceptors (Lipinski definition) is 4. The molecule has 1 aromatic carbocycles. The number of hydrogen-bond donors (Lipinski definition) is 1. The van der Waals surface area contributed by atoms with Gasteiger partial charge in [-0.1, -0.05) is 50.6 Å². The number of thiophene rings is 1. The Bertz CT molecular complexity index is 1100. The molecule has 0 aliphatic heterocycles. The molecule has 0 aliphatic rings. The lowest BCUT2D eigenvalue weighted by Crippen LogP contribution is -2.22. The lowest BCUT2D eigenvalue weighted by Gasteiger charge is -2.12. The van der Waals surface area contributed by atoms with Gasteiger partial charge in [-0.25, -0.2) is 0 Å². The third-order valence-electron chi connectivity index (χ3n) is 3.50. The van der Waals surface area contributed by atoms with Gasteiger partial charge in [-0.2, -0.15) is 0 Å². The lowest BCUT2D eigenvalue weighted by molar-refractivity contribution is -0.119. The molecule has 0 bridgehead atoms. The maximum Gasteiger partial charge on any atom is 0.266 e. The highest BCUT2D eigenvalue weighted by atomic mass is 35.5. The number of halogens is 1. The Morgan fingerprint density at radius 3 is 2.58 bits per heavy atom. The summed E-state index contributed by atoms with van der Waals surface area (Å²) in [6.07, 6.45) is 3.28. The number of carbonyl (C=O) groups excluding carboxylic acids is 1. The van der Waals surface area contributed by atoms with Crippen LogP contribution in [0.5, 0.6) is 0 Å². The Balaban J connectivity index is 2.11. The van der Waals surface area contributed by atoms with E-state index in [1.807, 2.05) is 45.0 Å². The standard InChI is InChI=1S/C18H16ClNO2S2/c1-18(2,3)14(21)9-15-20-17(22)13(24-15)8-12-16(19)10-6-4-5-7-11(10)23-12/h4-9H,1-3H3,(H,20,22)/b13-8-,15-9+. The van der Waals surface area contributed by atoms with Crippen LogP contribution in [0.2, 0.25) is 5.02 Å². The minimum atomic E-state index is -0.473. The molecule has 24 heavy (non-hydrogen) atoms. The molecule has 0 saturated heterocycles. The van der Waals surface area contributed by atoms with E-state index in [4.69, 9.17) is 11.6 Å². The summed E-state index contributed by atoms with van der Waals surface area (Å²) in [4.78, 5) is 27.8. The highest BCUT2D eigenvalue weighted by Crippen LogP contribution is 2.35. The maximum atomic E-state index is 12.2. The quantitative estimate of drug-likeness (QED) is 0.742. The van der Waals surface area contributed by atoms with Gasteiger partial charge in [-0.15, -0.1) is 22.7 Å². The van der Waals surface area contributed by atoms with Gasteiger partial charge < -0.3 is 4.98 Å². The molecule has 0 fully saturated rings. The topological polar surface area (TPSA) is 49.9 Å². The van der Waals surface area contributed by atoms with Crippen LogP contribution in [0.15, 0.2) is 29.1 Å². The van der Waals surface area contributed by atoms with Crippen LogP contribution < -0.4 is 14.8 Å². The lowest BCUT2D eigenvalue weighted by atomic mass is 9.91. The second kappa shape index (κ2) is 6.31. The molecule has 0 amide bonds. The zero-order valence-corrected chi connectivity index (χ0v) is 15.9. The number of aromatic amines is 1. The molecular formula is C18H16ClNO2S2. The van der Waals surface area contributed by atoms with Crippen molar-refractivity contribution in [3.05, 3.63) is 53.7 Å². The van der Waals surface area contributed by atoms with Crippen molar-refractivity contribution in [2.45, 2.75) is 20.8 Å². The Morgan fingerprint density at radius 2 is 1.92 bits per heavy atom. The van der Waals surface area contributed by atoms with Gasteiger partial charge in [0.15, 0.2) is 5.78 Å². The normalized spacial score (nSPS) is 13.8. The van der Waals surface area contributed by atoms with Crippen molar-refractivity contribution < 1.29 is 4.79 Å². The Kier molecular flexibility index (Phi) is 4.51. The second-order valence-corrected chi connectivity index (χ2v) is 9.01. The van der Waals surface area contributed by atoms with E-state index >= 15 is 0 Å². The highest BCUT2D eigenvalue weighted by Gasteiger charge is 2.18. The van der Waals surface area contributed by atoms with Crippen molar-refractivity contribution in [2.75, 3.05) is 0 Å². The van der Waals surface area contributed by atoms with E-state index in [9.17, 15) is 9.59 Å². The van der Waals surface area contributed by atoms with E-state index in [1.54, 1.807) is 17.4 Å². The molecule has 0 saturated carbocycles. The molecule has 2 heterocycles. The molecule has 0 spiro atoms. The maximum absolute atomic E-state index is 12.2. The van der Waals surface area contributed by atoms with Crippen molar-refractivity contribution in [3.63, 3.8) is 0 Å². The Hall–Kier alpha value is -1.69.